The van der Waals surface area contributed by atoms with Gasteiger partial charge >= 0.3 is 0 Å². The average molecular weight is 248 g/mol. The fraction of sp³-hybridized carbons (Fsp3) is 0.538. The maximum absolute atomic E-state index is 7.54. The standard InChI is InChI=1S/C13H20N4O/c1-9-7-10(13(14)15)8-12(16-9)17(5-6-18-2)11-3-4-11/h7-8,11H,3-6H2,1-2H3,(H3,14,15). The van der Waals surface area contributed by atoms with Crippen molar-refractivity contribution in [2.24, 2.45) is 5.73 Å². The number of nitrogen functional groups attached to an aromatic ring is 1. The Bertz CT molecular complexity index is 443. The van der Waals surface area contributed by atoms with Crippen LogP contribution in [0, 0.1) is 12.3 Å². The summed E-state index contributed by atoms with van der Waals surface area (Å²) >= 11 is 0. The number of aryl methyl sites for hydroxylation is 1. The van der Waals surface area contributed by atoms with E-state index in [2.05, 4.69) is 9.88 Å². The number of nitrogens with two attached hydrogens (primary N) is 1. The molecule has 5 nitrogen and oxygen atoms in total. The molecular weight excluding hydrogens is 228 g/mol. The fourth-order valence-corrected chi connectivity index (χ4v) is 2.01. The topological polar surface area (TPSA) is 75.2 Å². The number of aromatic nitrogens is 1. The van der Waals surface area contributed by atoms with Crippen LogP contribution in [0.4, 0.5) is 5.82 Å². The van der Waals surface area contributed by atoms with E-state index in [1.807, 2.05) is 19.1 Å². The molecule has 0 bridgehead atoms. The zero-order valence-corrected chi connectivity index (χ0v) is 10.9. The first kappa shape index (κ1) is 12.8. The number of anilines is 1. The van der Waals surface area contributed by atoms with E-state index < -0.39 is 0 Å². The van der Waals surface area contributed by atoms with E-state index in [0.717, 1.165) is 23.6 Å². The summed E-state index contributed by atoms with van der Waals surface area (Å²) in [5.41, 5.74) is 7.18. The number of ether oxygens (including phenoxy) is 1. The van der Waals surface area contributed by atoms with E-state index in [1.165, 1.54) is 12.8 Å². The molecule has 0 aliphatic heterocycles. The molecule has 0 aromatic carbocycles. The van der Waals surface area contributed by atoms with Crippen LogP contribution < -0.4 is 10.6 Å². The minimum atomic E-state index is 0.0873. The molecule has 5 heteroatoms. The number of amidine groups is 1. The predicted octanol–water partition coefficient (Wildman–Crippen LogP) is 1.29. The second kappa shape index (κ2) is 5.35. The highest BCUT2D eigenvalue weighted by molar-refractivity contribution is 5.95. The monoisotopic (exact) mass is 248 g/mol. The van der Waals surface area contributed by atoms with Crippen molar-refractivity contribution in [1.29, 1.82) is 5.41 Å². The van der Waals surface area contributed by atoms with Gasteiger partial charge in [0.15, 0.2) is 0 Å². The van der Waals surface area contributed by atoms with Gasteiger partial charge in [-0.25, -0.2) is 4.98 Å². The summed E-state index contributed by atoms with van der Waals surface area (Å²) in [6.07, 6.45) is 2.41. The van der Waals surface area contributed by atoms with Crippen LogP contribution in [-0.4, -0.2) is 37.1 Å². The summed E-state index contributed by atoms with van der Waals surface area (Å²) in [7, 11) is 1.70. The summed E-state index contributed by atoms with van der Waals surface area (Å²) < 4.78 is 5.14. The minimum absolute atomic E-state index is 0.0873. The number of methoxy groups -OCH3 is 1. The Labute approximate surface area is 107 Å². The molecule has 18 heavy (non-hydrogen) atoms. The first-order chi connectivity index (χ1) is 8.61. The Morgan fingerprint density at radius 2 is 2.28 bits per heavy atom. The molecule has 0 spiro atoms. The van der Waals surface area contributed by atoms with Gasteiger partial charge < -0.3 is 15.4 Å². The molecule has 0 atom stereocenters. The third-order valence-electron chi connectivity index (χ3n) is 3.07. The van der Waals surface area contributed by atoms with Crippen molar-refractivity contribution in [3.8, 4) is 0 Å². The van der Waals surface area contributed by atoms with Gasteiger partial charge in [0.2, 0.25) is 0 Å². The highest BCUT2D eigenvalue weighted by Gasteiger charge is 2.30. The zero-order valence-electron chi connectivity index (χ0n) is 10.9. The number of nitrogens with one attached hydrogen (secondary N) is 1. The third kappa shape index (κ3) is 2.98. The Morgan fingerprint density at radius 3 is 2.83 bits per heavy atom. The van der Waals surface area contributed by atoms with Gasteiger partial charge in [-0.15, -0.1) is 0 Å². The number of hydrogen-bond acceptors (Lipinski definition) is 4. The van der Waals surface area contributed by atoms with Crippen LogP contribution in [0.25, 0.3) is 0 Å². The molecule has 1 saturated carbocycles. The van der Waals surface area contributed by atoms with Gasteiger partial charge in [-0.3, -0.25) is 5.41 Å². The lowest BCUT2D eigenvalue weighted by Crippen LogP contribution is -2.30. The summed E-state index contributed by atoms with van der Waals surface area (Å²) in [6, 6.07) is 4.30. The molecule has 98 valence electrons. The number of hydrogen-bond donors (Lipinski definition) is 2. The predicted molar refractivity (Wildman–Crippen MR) is 72.2 cm³/mol. The second-order valence-corrected chi connectivity index (χ2v) is 4.69. The van der Waals surface area contributed by atoms with Gasteiger partial charge in [0.05, 0.1) is 6.61 Å². The molecule has 1 heterocycles. The van der Waals surface area contributed by atoms with Crippen molar-refractivity contribution in [3.63, 3.8) is 0 Å². The van der Waals surface area contributed by atoms with Crippen LogP contribution in [0.5, 0.6) is 0 Å². The van der Waals surface area contributed by atoms with E-state index in [0.29, 0.717) is 12.6 Å². The minimum Gasteiger partial charge on any atom is -0.384 e. The Balaban J connectivity index is 2.25. The molecule has 1 fully saturated rings. The molecule has 1 aliphatic carbocycles. The van der Waals surface area contributed by atoms with Crippen molar-refractivity contribution in [1.82, 2.24) is 4.98 Å². The van der Waals surface area contributed by atoms with Crippen molar-refractivity contribution >= 4 is 11.7 Å². The van der Waals surface area contributed by atoms with E-state index >= 15 is 0 Å². The molecule has 3 N–H and O–H groups in total. The summed E-state index contributed by atoms with van der Waals surface area (Å²) in [5.74, 6) is 0.990. The van der Waals surface area contributed by atoms with Gasteiger partial charge in [0.1, 0.15) is 11.7 Å². The maximum atomic E-state index is 7.54. The smallest absolute Gasteiger partial charge is 0.129 e. The normalized spacial score (nSPS) is 14.6. The molecule has 0 radical (unpaired) electrons. The summed E-state index contributed by atoms with van der Waals surface area (Å²) in [6.45, 7) is 3.44. The Morgan fingerprint density at radius 1 is 1.56 bits per heavy atom. The van der Waals surface area contributed by atoms with E-state index in [1.54, 1.807) is 7.11 Å². The molecule has 0 saturated heterocycles. The van der Waals surface area contributed by atoms with E-state index in [9.17, 15) is 0 Å². The van der Waals surface area contributed by atoms with Gasteiger partial charge in [-0.05, 0) is 31.9 Å². The van der Waals surface area contributed by atoms with Gasteiger partial charge in [-0.1, -0.05) is 0 Å². The van der Waals surface area contributed by atoms with Crippen LogP contribution in [0.1, 0.15) is 24.1 Å². The Kier molecular flexibility index (Phi) is 3.81. The molecule has 0 unspecified atom stereocenters. The number of pyridine rings is 1. The van der Waals surface area contributed by atoms with Gasteiger partial charge in [0, 0.05) is 31.0 Å². The van der Waals surface area contributed by atoms with Gasteiger partial charge in [0.25, 0.3) is 0 Å². The molecule has 1 aliphatic rings. The molecule has 0 amide bonds. The SMILES string of the molecule is COCCN(c1cc(C(=N)N)cc(C)n1)C1CC1. The first-order valence-corrected chi connectivity index (χ1v) is 6.20. The van der Waals surface area contributed by atoms with E-state index in [-0.39, 0.29) is 5.84 Å². The van der Waals surface area contributed by atoms with Crippen molar-refractivity contribution in [2.75, 3.05) is 25.2 Å². The second-order valence-electron chi connectivity index (χ2n) is 4.69. The van der Waals surface area contributed by atoms with Crippen molar-refractivity contribution < 1.29 is 4.74 Å². The maximum Gasteiger partial charge on any atom is 0.129 e. The lowest BCUT2D eigenvalue weighted by molar-refractivity contribution is 0.204. The summed E-state index contributed by atoms with van der Waals surface area (Å²) in [5, 5.41) is 7.54. The number of rotatable bonds is 6. The highest BCUT2D eigenvalue weighted by Crippen LogP contribution is 2.30. The molecule has 1 aromatic rings. The average Bonchev–Trinajstić information content (AvgIpc) is 3.13. The van der Waals surface area contributed by atoms with Crippen LogP contribution in [0.15, 0.2) is 12.1 Å². The molecule has 1 aromatic heterocycles. The Hall–Kier alpha value is -1.62. The van der Waals surface area contributed by atoms with Crippen molar-refractivity contribution in [2.45, 2.75) is 25.8 Å². The summed E-state index contributed by atoms with van der Waals surface area (Å²) in [4.78, 5) is 6.80. The lowest BCUT2D eigenvalue weighted by Gasteiger charge is -2.24. The van der Waals surface area contributed by atoms with Crippen LogP contribution in [0.3, 0.4) is 0 Å². The van der Waals surface area contributed by atoms with Crippen LogP contribution >= 0.6 is 0 Å². The third-order valence-corrected chi connectivity index (χ3v) is 3.07. The highest BCUT2D eigenvalue weighted by atomic mass is 16.5. The number of nitrogens with zero attached hydrogens (tertiary/aromatic N) is 2. The van der Waals surface area contributed by atoms with Crippen LogP contribution in [0.2, 0.25) is 0 Å². The molecule has 2 rings (SSSR count). The largest absolute Gasteiger partial charge is 0.384 e. The lowest BCUT2D eigenvalue weighted by atomic mass is 10.2. The van der Waals surface area contributed by atoms with Crippen LogP contribution in [-0.2, 0) is 4.74 Å². The fourth-order valence-electron chi connectivity index (χ4n) is 2.01. The van der Waals surface area contributed by atoms with E-state index in [4.69, 9.17) is 15.9 Å². The van der Waals surface area contributed by atoms with Gasteiger partial charge in [-0.2, -0.15) is 0 Å². The zero-order chi connectivity index (χ0) is 13.1. The quantitative estimate of drug-likeness (QED) is 0.587. The van der Waals surface area contributed by atoms with Crippen molar-refractivity contribution in [3.05, 3.63) is 23.4 Å². The first-order valence-electron chi connectivity index (χ1n) is 6.20. The molecular formula is C13H20N4O.